The maximum absolute atomic E-state index is 9.66. The van der Waals surface area contributed by atoms with Crippen LogP contribution < -0.4 is 0 Å². The van der Waals surface area contributed by atoms with Crippen LogP contribution in [0.25, 0.3) is 0 Å². The summed E-state index contributed by atoms with van der Waals surface area (Å²) in [4.78, 5) is 0. The second-order valence-electron chi connectivity index (χ2n) is 3.66. The Balaban J connectivity index is 2.14. The topological polar surface area (TPSA) is 29.5 Å². The second-order valence-corrected chi connectivity index (χ2v) is 3.66. The molecule has 0 amide bonds. The fourth-order valence-corrected chi connectivity index (χ4v) is 1.49. The molecule has 1 unspecified atom stereocenters. The Hall–Kier alpha value is -0.860. The first-order chi connectivity index (χ1) is 7.33. The van der Waals surface area contributed by atoms with E-state index in [0.29, 0.717) is 6.61 Å². The molecule has 1 aromatic rings. The van der Waals surface area contributed by atoms with Crippen LogP contribution in [0.15, 0.2) is 30.3 Å². The Morgan fingerprint density at radius 3 is 2.60 bits per heavy atom. The van der Waals surface area contributed by atoms with Gasteiger partial charge in [-0.3, -0.25) is 0 Å². The van der Waals surface area contributed by atoms with Crippen LogP contribution in [-0.2, 0) is 11.2 Å². The molecule has 0 bridgehead atoms. The van der Waals surface area contributed by atoms with E-state index in [-0.39, 0.29) is 6.10 Å². The van der Waals surface area contributed by atoms with Gasteiger partial charge in [0.1, 0.15) is 0 Å². The Morgan fingerprint density at radius 2 is 1.93 bits per heavy atom. The summed E-state index contributed by atoms with van der Waals surface area (Å²) in [5.74, 6) is 0. The highest BCUT2D eigenvalue weighted by atomic mass is 16.5. The van der Waals surface area contributed by atoms with Crippen LogP contribution in [0.4, 0.5) is 0 Å². The molecule has 0 radical (unpaired) electrons. The molecule has 0 saturated carbocycles. The van der Waals surface area contributed by atoms with E-state index in [0.717, 1.165) is 25.9 Å². The van der Waals surface area contributed by atoms with E-state index in [1.165, 1.54) is 5.56 Å². The number of ether oxygens (including phenoxy) is 1. The molecule has 1 rings (SSSR count). The summed E-state index contributed by atoms with van der Waals surface area (Å²) >= 11 is 0. The van der Waals surface area contributed by atoms with Crippen molar-refractivity contribution in [1.82, 2.24) is 0 Å². The molecule has 0 aliphatic heterocycles. The van der Waals surface area contributed by atoms with Crippen LogP contribution in [0, 0.1) is 0 Å². The van der Waals surface area contributed by atoms with Crippen LogP contribution in [0.2, 0.25) is 0 Å². The zero-order valence-electron chi connectivity index (χ0n) is 9.36. The Kier molecular flexibility index (Phi) is 6.05. The third kappa shape index (κ3) is 5.55. The molecule has 1 aromatic carbocycles. The predicted octanol–water partition coefficient (Wildman–Crippen LogP) is 2.41. The number of benzene rings is 1. The lowest BCUT2D eigenvalue weighted by Crippen LogP contribution is -2.11. The van der Waals surface area contributed by atoms with Gasteiger partial charge in [-0.05, 0) is 31.7 Å². The first-order valence-corrected chi connectivity index (χ1v) is 5.62. The zero-order chi connectivity index (χ0) is 10.9. The molecule has 1 N–H and O–H groups in total. The second kappa shape index (κ2) is 7.43. The zero-order valence-corrected chi connectivity index (χ0v) is 9.36. The van der Waals surface area contributed by atoms with Gasteiger partial charge in [-0.2, -0.15) is 0 Å². The van der Waals surface area contributed by atoms with Gasteiger partial charge in [-0.25, -0.2) is 0 Å². The van der Waals surface area contributed by atoms with Crippen molar-refractivity contribution in [3.05, 3.63) is 35.9 Å². The van der Waals surface area contributed by atoms with E-state index in [2.05, 4.69) is 12.1 Å². The molecule has 0 spiro atoms. The van der Waals surface area contributed by atoms with Crippen molar-refractivity contribution in [3.63, 3.8) is 0 Å². The number of aliphatic hydroxyl groups excluding tert-OH is 1. The van der Waals surface area contributed by atoms with Gasteiger partial charge >= 0.3 is 0 Å². The van der Waals surface area contributed by atoms with E-state index in [1.807, 2.05) is 25.1 Å². The SMILES string of the molecule is CCOCCC(O)CCc1ccccc1. The first-order valence-electron chi connectivity index (χ1n) is 5.62. The monoisotopic (exact) mass is 208 g/mol. The van der Waals surface area contributed by atoms with Gasteiger partial charge in [0.15, 0.2) is 0 Å². The van der Waals surface area contributed by atoms with Gasteiger partial charge in [0, 0.05) is 13.2 Å². The van der Waals surface area contributed by atoms with Crippen molar-refractivity contribution in [2.45, 2.75) is 32.3 Å². The van der Waals surface area contributed by atoms with Crippen LogP contribution in [0.1, 0.15) is 25.3 Å². The minimum atomic E-state index is -0.239. The average molecular weight is 208 g/mol. The molecule has 2 nitrogen and oxygen atoms in total. The van der Waals surface area contributed by atoms with Crippen molar-refractivity contribution in [2.24, 2.45) is 0 Å². The molecule has 0 aliphatic rings. The molecule has 2 heteroatoms. The van der Waals surface area contributed by atoms with Gasteiger partial charge in [0.25, 0.3) is 0 Å². The van der Waals surface area contributed by atoms with E-state index in [9.17, 15) is 5.11 Å². The third-order valence-electron chi connectivity index (χ3n) is 2.41. The van der Waals surface area contributed by atoms with Crippen LogP contribution in [0.3, 0.4) is 0 Å². The Labute approximate surface area is 91.9 Å². The lowest BCUT2D eigenvalue weighted by Gasteiger charge is -2.10. The lowest BCUT2D eigenvalue weighted by atomic mass is 10.1. The quantitative estimate of drug-likeness (QED) is 0.697. The summed E-state index contributed by atoms with van der Waals surface area (Å²) in [7, 11) is 0. The summed E-state index contributed by atoms with van der Waals surface area (Å²) < 4.78 is 5.20. The predicted molar refractivity (Wildman–Crippen MR) is 61.9 cm³/mol. The van der Waals surface area contributed by atoms with Gasteiger partial charge in [-0.1, -0.05) is 30.3 Å². The van der Waals surface area contributed by atoms with Gasteiger partial charge in [0.05, 0.1) is 6.10 Å². The fraction of sp³-hybridized carbons (Fsp3) is 0.538. The van der Waals surface area contributed by atoms with Crippen molar-refractivity contribution < 1.29 is 9.84 Å². The highest BCUT2D eigenvalue weighted by Gasteiger charge is 2.03. The summed E-state index contributed by atoms with van der Waals surface area (Å²) in [5, 5.41) is 9.66. The standard InChI is InChI=1S/C13H20O2/c1-2-15-11-10-13(14)9-8-12-6-4-3-5-7-12/h3-7,13-14H,2,8-11H2,1H3. The Bertz CT molecular complexity index is 246. The molecule has 0 aromatic heterocycles. The third-order valence-corrected chi connectivity index (χ3v) is 2.41. The molecular formula is C13H20O2. The highest BCUT2D eigenvalue weighted by Crippen LogP contribution is 2.07. The molecule has 0 heterocycles. The van der Waals surface area contributed by atoms with E-state index in [1.54, 1.807) is 0 Å². The molecule has 0 saturated heterocycles. The normalized spacial score (nSPS) is 12.7. The number of aliphatic hydroxyl groups is 1. The number of aryl methyl sites for hydroxylation is 1. The summed E-state index contributed by atoms with van der Waals surface area (Å²) in [5.41, 5.74) is 1.29. The summed E-state index contributed by atoms with van der Waals surface area (Å²) in [6, 6.07) is 10.3. The molecule has 0 fully saturated rings. The van der Waals surface area contributed by atoms with Crippen molar-refractivity contribution in [3.8, 4) is 0 Å². The maximum Gasteiger partial charge on any atom is 0.0565 e. The van der Waals surface area contributed by atoms with E-state index < -0.39 is 0 Å². The van der Waals surface area contributed by atoms with Crippen LogP contribution >= 0.6 is 0 Å². The lowest BCUT2D eigenvalue weighted by molar-refractivity contribution is 0.0845. The fourth-order valence-electron chi connectivity index (χ4n) is 1.49. The van der Waals surface area contributed by atoms with Crippen molar-refractivity contribution >= 4 is 0 Å². The summed E-state index contributed by atoms with van der Waals surface area (Å²) in [6.07, 6.45) is 2.25. The minimum absolute atomic E-state index is 0.239. The van der Waals surface area contributed by atoms with Crippen molar-refractivity contribution in [2.75, 3.05) is 13.2 Å². The van der Waals surface area contributed by atoms with Crippen molar-refractivity contribution in [1.29, 1.82) is 0 Å². The molecular weight excluding hydrogens is 188 g/mol. The van der Waals surface area contributed by atoms with E-state index in [4.69, 9.17) is 4.74 Å². The Morgan fingerprint density at radius 1 is 1.20 bits per heavy atom. The van der Waals surface area contributed by atoms with Crippen LogP contribution in [-0.4, -0.2) is 24.4 Å². The first kappa shape index (κ1) is 12.2. The molecule has 15 heavy (non-hydrogen) atoms. The summed E-state index contributed by atoms with van der Waals surface area (Å²) in [6.45, 7) is 3.36. The molecule has 0 aliphatic carbocycles. The van der Waals surface area contributed by atoms with Gasteiger partial charge < -0.3 is 9.84 Å². The van der Waals surface area contributed by atoms with E-state index >= 15 is 0 Å². The smallest absolute Gasteiger partial charge is 0.0565 e. The van der Waals surface area contributed by atoms with Crippen LogP contribution in [0.5, 0.6) is 0 Å². The average Bonchev–Trinajstić information content (AvgIpc) is 2.28. The maximum atomic E-state index is 9.66. The molecule has 84 valence electrons. The van der Waals surface area contributed by atoms with Gasteiger partial charge in [0.2, 0.25) is 0 Å². The molecule has 1 atom stereocenters. The highest BCUT2D eigenvalue weighted by molar-refractivity contribution is 5.14. The van der Waals surface area contributed by atoms with Gasteiger partial charge in [-0.15, -0.1) is 0 Å². The number of rotatable bonds is 7. The largest absolute Gasteiger partial charge is 0.393 e. The number of hydrogen-bond acceptors (Lipinski definition) is 2. The minimum Gasteiger partial charge on any atom is -0.393 e. The number of hydrogen-bond donors (Lipinski definition) is 1.